The fraction of sp³-hybridized carbons (Fsp3) is 0.260. The number of nitrogens with zero attached hydrogens (tertiary/aromatic N) is 3. The fourth-order valence-electron chi connectivity index (χ4n) is 10.3. The number of anilines is 3. The third-order valence-corrected chi connectivity index (χ3v) is 17.8. The van der Waals surface area contributed by atoms with Gasteiger partial charge < -0.3 is 24.4 Å². The van der Waals surface area contributed by atoms with Crippen LogP contribution in [0.2, 0.25) is 23.7 Å². The average molecular weight is 850 g/mol. The third kappa shape index (κ3) is 6.82. The van der Waals surface area contributed by atoms with Crippen LogP contribution in [0.25, 0.3) is 10.8 Å². The highest BCUT2D eigenvalue weighted by molar-refractivity contribution is 6.91. The summed E-state index contributed by atoms with van der Waals surface area (Å²) in [5.41, 5.74) is 3.74. The van der Waals surface area contributed by atoms with Gasteiger partial charge in [0.25, 0.3) is 11.8 Å². The third-order valence-electron chi connectivity index (χ3n) is 13.2. The summed E-state index contributed by atoms with van der Waals surface area (Å²) in [6, 6.07) is 42.9. The highest BCUT2D eigenvalue weighted by atomic mass is 35.5. The number of halogens is 1. The van der Waals surface area contributed by atoms with Crippen LogP contribution in [0.15, 0.2) is 133 Å². The first-order chi connectivity index (χ1) is 29.5. The zero-order chi connectivity index (χ0) is 42.6. The Hall–Kier alpha value is -5.78. The minimum Gasteiger partial charge on any atom is -0.497 e. The number of fused-ring (bicyclic) bond motifs is 2. The number of carbonyl (C=O) groups excluding carboxylic acids is 3. The van der Waals surface area contributed by atoms with Crippen LogP contribution in [0.3, 0.4) is 0 Å². The zero-order valence-corrected chi connectivity index (χ0v) is 36.4. The highest BCUT2D eigenvalue weighted by Crippen LogP contribution is 2.60. The van der Waals surface area contributed by atoms with E-state index >= 15 is 4.79 Å². The van der Waals surface area contributed by atoms with Gasteiger partial charge in [0.2, 0.25) is 5.91 Å². The van der Waals surface area contributed by atoms with Gasteiger partial charge in [0.15, 0.2) is 5.60 Å². The van der Waals surface area contributed by atoms with Gasteiger partial charge in [0.1, 0.15) is 5.75 Å². The Morgan fingerprint density at radius 3 is 2.33 bits per heavy atom. The second-order valence-electron chi connectivity index (χ2n) is 16.9. The van der Waals surface area contributed by atoms with Crippen LogP contribution in [0, 0.1) is 5.92 Å². The van der Waals surface area contributed by atoms with Crippen molar-refractivity contribution in [3.63, 3.8) is 0 Å². The number of carbonyl (C=O) groups is 3. The van der Waals surface area contributed by atoms with Crippen LogP contribution in [0.1, 0.15) is 40.4 Å². The van der Waals surface area contributed by atoms with E-state index in [2.05, 4.69) is 32.2 Å². The molecule has 0 unspecified atom stereocenters. The summed E-state index contributed by atoms with van der Waals surface area (Å²) < 4.78 is 12.8. The lowest BCUT2D eigenvalue weighted by atomic mass is 9.82. The van der Waals surface area contributed by atoms with Gasteiger partial charge in [-0.05, 0) is 76.7 Å². The summed E-state index contributed by atoms with van der Waals surface area (Å²) in [5, 5.41) is 13.6. The van der Waals surface area contributed by atoms with Gasteiger partial charge in [-0.2, -0.15) is 0 Å². The van der Waals surface area contributed by atoms with Crippen molar-refractivity contribution in [1.29, 1.82) is 0 Å². The fourth-order valence-corrected chi connectivity index (χ4v) is 14.5. The lowest BCUT2D eigenvalue weighted by Gasteiger charge is -2.37. The number of hydrogen-bond donors (Lipinski definition) is 1. The topological polar surface area (TPSA) is 99.6 Å². The molecule has 1 spiro atoms. The van der Waals surface area contributed by atoms with Crippen LogP contribution in [0.5, 0.6) is 5.75 Å². The second kappa shape index (κ2) is 15.9. The van der Waals surface area contributed by atoms with Crippen molar-refractivity contribution in [3.05, 3.63) is 161 Å². The van der Waals surface area contributed by atoms with Crippen LogP contribution >= 0.6 is 11.6 Å². The molecule has 1 saturated heterocycles. The molecule has 0 aliphatic carbocycles. The number of ether oxygens (including phenoxy) is 2. The smallest absolute Gasteiger partial charge is 0.264 e. The van der Waals surface area contributed by atoms with E-state index in [1.807, 2.05) is 115 Å². The normalized spacial score (nSPS) is 20.5. The van der Waals surface area contributed by atoms with Gasteiger partial charge in [-0.1, -0.05) is 116 Å². The molecular weight excluding hydrogens is 802 g/mol. The van der Waals surface area contributed by atoms with E-state index in [1.165, 1.54) is 0 Å². The SMILES string of the molecule is COc1ccc([Si](C)(C)[C@@H]2[C@@H](CC(=O)N(CCO)Cc3ccccc3)O[C@]3(C(=O)N(Cc4cccc(N5C(=O)c6cccc7cccc5c67)c4)c4ccc(Cl)cc43)[C@H]2C)cc1. The maximum Gasteiger partial charge on any atom is 0.264 e. The Bertz CT molecular complexity index is 2670. The Balaban J connectivity index is 1.09. The molecule has 3 aliphatic rings. The predicted octanol–water partition coefficient (Wildman–Crippen LogP) is 8.97. The molecule has 0 bridgehead atoms. The van der Waals surface area contributed by atoms with Crippen molar-refractivity contribution in [1.82, 2.24) is 4.90 Å². The lowest BCUT2D eigenvalue weighted by molar-refractivity contribution is -0.150. The Morgan fingerprint density at radius 2 is 1.59 bits per heavy atom. The van der Waals surface area contributed by atoms with Gasteiger partial charge in [-0.3, -0.25) is 19.3 Å². The van der Waals surface area contributed by atoms with E-state index in [9.17, 15) is 14.7 Å². The molecule has 9 rings (SSSR count). The van der Waals surface area contributed by atoms with Crippen LogP contribution in [-0.2, 0) is 33.0 Å². The quantitative estimate of drug-likeness (QED) is 0.124. The van der Waals surface area contributed by atoms with Crippen molar-refractivity contribution < 1.29 is 29.0 Å². The monoisotopic (exact) mass is 849 g/mol. The van der Waals surface area contributed by atoms with E-state index in [0.717, 1.165) is 38.5 Å². The van der Waals surface area contributed by atoms with E-state index < -0.39 is 19.8 Å². The van der Waals surface area contributed by atoms with Crippen molar-refractivity contribution in [2.75, 3.05) is 30.1 Å². The molecular formula is C50H48ClN3O6Si. The molecule has 11 heteroatoms. The van der Waals surface area contributed by atoms with Crippen LogP contribution < -0.4 is 19.7 Å². The molecule has 6 aromatic carbocycles. The molecule has 4 atom stereocenters. The molecule has 6 aromatic rings. The Labute approximate surface area is 362 Å². The summed E-state index contributed by atoms with van der Waals surface area (Å²) in [5.74, 6) is -0.0795. The maximum absolute atomic E-state index is 15.5. The first-order valence-corrected chi connectivity index (χ1v) is 24.2. The molecule has 3 heterocycles. The Kier molecular flexibility index (Phi) is 10.6. The maximum atomic E-state index is 15.5. The number of aliphatic hydroxyl groups excluding tert-OH is 1. The van der Waals surface area contributed by atoms with Crippen molar-refractivity contribution in [2.45, 2.75) is 56.8 Å². The number of rotatable bonds is 12. The lowest BCUT2D eigenvalue weighted by Crippen LogP contribution is -2.52. The molecule has 3 amide bonds. The molecule has 0 saturated carbocycles. The van der Waals surface area contributed by atoms with E-state index in [0.29, 0.717) is 34.1 Å². The summed E-state index contributed by atoms with van der Waals surface area (Å²) in [7, 11) is -0.930. The van der Waals surface area contributed by atoms with Gasteiger partial charge in [-0.25, -0.2) is 0 Å². The number of benzene rings is 6. The highest BCUT2D eigenvalue weighted by Gasteiger charge is 2.66. The second-order valence-corrected chi connectivity index (χ2v) is 22.1. The van der Waals surface area contributed by atoms with E-state index in [4.69, 9.17) is 21.1 Å². The number of amides is 3. The molecule has 0 radical (unpaired) electrons. The van der Waals surface area contributed by atoms with E-state index in [1.54, 1.807) is 27.9 Å². The van der Waals surface area contributed by atoms with Gasteiger partial charge in [0, 0.05) is 40.7 Å². The van der Waals surface area contributed by atoms with Crippen molar-refractivity contribution >= 4 is 70.4 Å². The molecule has 1 fully saturated rings. The minimum atomic E-state index is -2.57. The van der Waals surface area contributed by atoms with Crippen LogP contribution in [0.4, 0.5) is 17.1 Å². The summed E-state index contributed by atoms with van der Waals surface area (Å²) in [4.78, 5) is 49.1. The number of hydrogen-bond acceptors (Lipinski definition) is 6. The molecule has 9 nitrogen and oxygen atoms in total. The van der Waals surface area contributed by atoms with Crippen LogP contribution in [-0.4, -0.2) is 62.2 Å². The summed E-state index contributed by atoms with van der Waals surface area (Å²) >= 11 is 6.78. The predicted molar refractivity (Wildman–Crippen MR) is 243 cm³/mol. The molecule has 310 valence electrons. The molecule has 61 heavy (non-hydrogen) atoms. The van der Waals surface area contributed by atoms with E-state index in [-0.39, 0.29) is 55.3 Å². The van der Waals surface area contributed by atoms with Gasteiger partial charge in [0.05, 0.1) is 57.8 Å². The molecule has 1 N–H and O–H groups in total. The Morgan fingerprint density at radius 1 is 0.869 bits per heavy atom. The largest absolute Gasteiger partial charge is 0.497 e. The number of aliphatic hydroxyl groups is 1. The van der Waals surface area contributed by atoms with Crippen molar-refractivity contribution in [3.8, 4) is 5.75 Å². The first kappa shape index (κ1) is 40.6. The minimum absolute atomic E-state index is 0.0282. The zero-order valence-electron chi connectivity index (χ0n) is 34.7. The van der Waals surface area contributed by atoms with Gasteiger partial charge >= 0.3 is 0 Å². The first-order valence-electron chi connectivity index (χ1n) is 20.8. The average Bonchev–Trinajstić information content (AvgIpc) is 3.82. The summed E-state index contributed by atoms with van der Waals surface area (Å²) in [6.07, 6.45) is -0.603. The molecule has 3 aliphatic heterocycles. The van der Waals surface area contributed by atoms with Gasteiger partial charge in [-0.15, -0.1) is 0 Å². The molecule has 0 aromatic heterocycles. The van der Waals surface area contributed by atoms with Crippen molar-refractivity contribution in [2.24, 2.45) is 5.92 Å². The summed E-state index contributed by atoms with van der Waals surface area (Å²) in [6.45, 7) is 7.19. The standard InChI is InChI=1S/C50H48ClN3O6Si/c1-32-47(61(3,4)39-22-20-38(59-2)21-23-39)44(29-45(56)52(25-26-55)30-33-11-6-5-7-12-33)60-50(32)41-28-36(51)19-24-42(41)53(49(50)58)31-34-13-8-16-37(27-34)54-43-18-10-15-35-14-9-17-40(46(35)43)48(54)57/h5-24,27-28,32,44,47,55H,25-26,29-31H2,1-4H3/t32-,44+,47-,50+/m0/s1. The number of methoxy groups -OCH3 is 1.